The topological polar surface area (TPSA) is 43.4 Å². The summed E-state index contributed by atoms with van der Waals surface area (Å²) in [4.78, 5) is 22.6. The van der Waals surface area contributed by atoms with Gasteiger partial charge in [0, 0.05) is 19.4 Å². The van der Waals surface area contributed by atoms with E-state index in [1.54, 1.807) is 0 Å². The molecule has 74 valence electrons. The molecule has 1 rings (SSSR count). The normalized spacial score (nSPS) is 22.2. The van der Waals surface area contributed by atoms with Crippen LogP contribution in [0.2, 0.25) is 0 Å². The predicted molar refractivity (Wildman–Crippen MR) is 48.5 cm³/mol. The standard InChI is InChI=1S/C10H16O3/c1-2-13-7-6-10(12)8-4-3-5-9(8)11/h8H,2-7H2,1H3. The zero-order valence-electron chi connectivity index (χ0n) is 8.04. The number of carbonyl (C=O) groups excluding carboxylic acids is 2. The summed E-state index contributed by atoms with van der Waals surface area (Å²) in [7, 11) is 0. The molecule has 0 radical (unpaired) electrons. The molecule has 0 aromatic carbocycles. The summed E-state index contributed by atoms with van der Waals surface area (Å²) in [5.74, 6) is -0.113. The highest BCUT2D eigenvalue weighted by atomic mass is 16.5. The smallest absolute Gasteiger partial charge is 0.145 e. The van der Waals surface area contributed by atoms with Gasteiger partial charge in [-0.15, -0.1) is 0 Å². The molecule has 0 aromatic heterocycles. The third-order valence-electron chi connectivity index (χ3n) is 2.39. The van der Waals surface area contributed by atoms with Gasteiger partial charge < -0.3 is 4.74 Å². The van der Waals surface area contributed by atoms with Gasteiger partial charge in [-0.25, -0.2) is 0 Å². The van der Waals surface area contributed by atoms with E-state index in [1.807, 2.05) is 6.92 Å². The van der Waals surface area contributed by atoms with Crippen LogP contribution < -0.4 is 0 Å². The third-order valence-corrected chi connectivity index (χ3v) is 2.39. The fraction of sp³-hybridized carbons (Fsp3) is 0.800. The second-order valence-electron chi connectivity index (χ2n) is 3.32. The number of Topliss-reactive ketones (excluding diaryl/α,β-unsaturated/α-hetero) is 2. The van der Waals surface area contributed by atoms with E-state index < -0.39 is 0 Å². The lowest BCUT2D eigenvalue weighted by Gasteiger charge is -2.05. The molecular formula is C10H16O3. The van der Waals surface area contributed by atoms with Crippen molar-refractivity contribution in [3.63, 3.8) is 0 Å². The van der Waals surface area contributed by atoms with E-state index in [4.69, 9.17) is 4.74 Å². The predicted octanol–water partition coefficient (Wildman–Crippen LogP) is 1.35. The van der Waals surface area contributed by atoms with E-state index >= 15 is 0 Å². The zero-order valence-corrected chi connectivity index (χ0v) is 8.04. The van der Waals surface area contributed by atoms with E-state index in [2.05, 4.69) is 0 Å². The SMILES string of the molecule is CCOCCC(=O)C1CCCC1=O. The number of rotatable bonds is 5. The molecule has 1 unspecified atom stereocenters. The molecule has 1 fully saturated rings. The maximum Gasteiger partial charge on any atom is 0.145 e. The van der Waals surface area contributed by atoms with Gasteiger partial charge in [-0.3, -0.25) is 9.59 Å². The van der Waals surface area contributed by atoms with Gasteiger partial charge in [0.1, 0.15) is 11.6 Å². The van der Waals surface area contributed by atoms with Crippen molar-refractivity contribution in [1.82, 2.24) is 0 Å². The summed E-state index contributed by atoms with van der Waals surface area (Å²) >= 11 is 0. The van der Waals surface area contributed by atoms with Gasteiger partial charge in [0.25, 0.3) is 0 Å². The maximum atomic E-state index is 11.4. The first kappa shape index (κ1) is 10.4. The second kappa shape index (κ2) is 5.12. The summed E-state index contributed by atoms with van der Waals surface area (Å²) < 4.78 is 5.07. The molecule has 3 nitrogen and oxygen atoms in total. The Morgan fingerprint density at radius 1 is 1.62 bits per heavy atom. The Kier molecular flexibility index (Phi) is 4.09. The molecule has 1 saturated carbocycles. The molecular weight excluding hydrogens is 168 g/mol. The number of carbonyl (C=O) groups is 2. The van der Waals surface area contributed by atoms with Gasteiger partial charge in [0.15, 0.2) is 0 Å². The molecule has 0 saturated heterocycles. The van der Waals surface area contributed by atoms with Crippen molar-refractivity contribution in [3.05, 3.63) is 0 Å². The number of hydrogen-bond acceptors (Lipinski definition) is 3. The average Bonchev–Trinajstić information content (AvgIpc) is 2.52. The van der Waals surface area contributed by atoms with Crippen LogP contribution in [0.4, 0.5) is 0 Å². The first-order valence-electron chi connectivity index (χ1n) is 4.89. The number of hydrogen-bond donors (Lipinski definition) is 0. The van der Waals surface area contributed by atoms with Crippen LogP contribution in [0.5, 0.6) is 0 Å². The van der Waals surface area contributed by atoms with Gasteiger partial charge in [-0.1, -0.05) is 0 Å². The van der Waals surface area contributed by atoms with Crippen molar-refractivity contribution in [1.29, 1.82) is 0 Å². The van der Waals surface area contributed by atoms with Gasteiger partial charge in [-0.2, -0.15) is 0 Å². The minimum atomic E-state index is -0.305. The second-order valence-corrected chi connectivity index (χ2v) is 3.32. The minimum Gasteiger partial charge on any atom is -0.381 e. The Balaban J connectivity index is 2.26. The summed E-state index contributed by atoms with van der Waals surface area (Å²) in [6.07, 6.45) is 2.61. The Labute approximate surface area is 78.5 Å². The van der Waals surface area contributed by atoms with Crippen LogP contribution in [0.3, 0.4) is 0 Å². The minimum absolute atomic E-state index is 0.0657. The quantitative estimate of drug-likeness (QED) is 0.478. The molecule has 0 aliphatic heterocycles. The summed E-state index contributed by atoms with van der Waals surface area (Å²) in [5.41, 5.74) is 0. The van der Waals surface area contributed by atoms with Crippen LogP contribution in [-0.2, 0) is 14.3 Å². The fourth-order valence-electron chi connectivity index (χ4n) is 1.65. The molecule has 0 N–H and O–H groups in total. The largest absolute Gasteiger partial charge is 0.381 e. The Hall–Kier alpha value is -0.700. The van der Waals surface area contributed by atoms with E-state index in [9.17, 15) is 9.59 Å². The highest BCUT2D eigenvalue weighted by Gasteiger charge is 2.29. The van der Waals surface area contributed by atoms with Gasteiger partial charge in [0.05, 0.1) is 12.5 Å². The molecule has 13 heavy (non-hydrogen) atoms. The summed E-state index contributed by atoms with van der Waals surface area (Å²) in [5, 5.41) is 0. The Morgan fingerprint density at radius 2 is 2.38 bits per heavy atom. The van der Waals surface area contributed by atoms with Crippen molar-refractivity contribution in [2.24, 2.45) is 5.92 Å². The lowest BCUT2D eigenvalue weighted by molar-refractivity contribution is -0.131. The monoisotopic (exact) mass is 184 g/mol. The lowest BCUT2D eigenvalue weighted by atomic mass is 10.00. The van der Waals surface area contributed by atoms with Crippen molar-refractivity contribution in [3.8, 4) is 0 Å². The fourth-order valence-corrected chi connectivity index (χ4v) is 1.65. The van der Waals surface area contributed by atoms with Crippen LogP contribution in [0.25, 0.3) is 0 Å². The van der Waals surface area contributed by atoms with Gasteiger partial charge >= 0.3 is 0 Å². The van der Waals surface area contributed by atoms with Gasteiger partial charge in [0.2, 0.25) is 0 Å². The van der Waals surface area contributed by atoms with E-state index in [1.165, 1.54) is 0 Å². The van der Waals surface area contributed by atoms with Crippen LogP contribution >= 0.6 is 0 Å². The lowest BCUT2D eigenvalue weighted by Crippen LogP contribution is -2.19. The third kappa shape index (κ3) is 2.92. The van der Waals surface area contributed by atoms with Crippen molar-refractivity contribution >= 4 is 11.6 Å². The van der Waals surface area contributed by atoms with Gasteiger partial charge in [-0.05, 0) is 19.8 Å². The number of ether oxygens (including phenoxy) is 1. The Morgan fingerprint density at radius 3 is 2.92 bits per heavy atom. The average molecular weight is 184 g/mol. The molecule has 0 aromatic rings. The van der Waals surface area contributed by atoms with E-state index in [0.29, 0.717) is 26.1 Å². The molecule has 0 spiro atoms. The molecule has 3 heteroatoms. The highest BCUT2D eigenvalue weighted by Crippen LogP contribution is 2.22. The van der Waals surface area contributed by atoms with Crippen molar-refractivity contribution < 1.29 is 14.3 Å². The molecule has 1 aliphatic rings. The first-order chi connectivity index (χ1) is 6.25. The van der Waals surface area contributed by atoms with Crippen molar-refractivity contribution in [2.45, 2.75) is 32.6 Å². The molecule has 0 bridgehead atoms. The summed E-state index contributed by atoms with van der Waals surface area (Å²) in [6, 6.07) is 0. The van der Waals surface area contributed by atoms with Crippen LogP contribution in [-0.4, -0.2) is 24.8 Å². The first-order valence-corrected chi connectivity index (χ1v) is 4.89. The maximum absolute atomic E-state index is 11.4. The Bertz CT molecular complexity index is 198. The highest BCUT2D eigenvalue weighted by molar-refractivity contribution is 6.03. The molecule has 0 amide bonds. The van der Waals surface area contributed by atoms with Crippen molar-refractivity contribution in [2.75, 3.05) is 13.2 Å². The molecule has 0 heterocycles. The van der Waals surface area contributed by atoms with E-state index in [0.717, 1.165) is 12.8 Å². The number of ketones is 2. The zero-order chi connectivity index (χ0) is 9.68. The molecule has 1 aliphatic carbocycles. The van der Waals surface area contributed by atoms with E-state index in [-0.39, 0.29) is 17.5 Å². The summed E-state index contributed by atoms with van der Waals surface area (Å²) in [6.45, 7) is 2.98. The van der Waals surface area contributed by atoms with Crippen LogP contribution in [0.1, 0.15) is 32.6 Å². The molecule has 1 atom stereocenters. The van der Waals surface area contributed by atoms with Crippen LogP contribution in [0.15, 0.2) is 0 Å². The van der Waals surface area contributed by atoms with Crippen LogP contribution in [0, 0.1) is 5.92 Å².